The molecule has 0 aliphatic carbocycles. The summed E-state index contributed by atoms with van der Waals surface area (Å²) in [6.07, 6.45) is 1.06. The van der Waals surface area contributed by atoms with Crippen LogP contribution in [-0.4, -0.2) is 6.04 Å². The second kappa shape index (κ2) is 5.61. The number of nitrogens with one attached hydrogen (secondary N) is 1. The molecule has 0 aliphatic heterocycles. The Kier molecular flexibility index (Phi) is 4.24. The molecule has 0 radical (unpaired) electrons. The van der Waals surface area contributed by atoms with E-state index in [0.717, 1.165) is 24.3 Å². The maximum atomic E-state index is 6.11. The average Bonchev–Trinajstić information content (AvgIpc) is 2.76. The van der Waals surface area contributed by atoms with Gasteiger partial charge < -0.3 is 9.73 Å². The summed E-state index contributed by atoms with van der Waals surface area (Å²) in [5, 5.41) is 4.65. The normalized spacial score (nSPS) is 12.6. The first-order valence-electron chi connectivity index (χ1n) is 7.60. The van der Waals surface area contributed by atoms with Crippen molar-refractivity contribution in [3.05, 3.63) is 35.1 Å². The summed E-state index contributed by atoms with van der Waals surface area (Å²) < 4.78 is 6.11. The van der Waals surface area contributed by atoms with Crippen molar-refractivity contribution in [3.63, 3.8) is 0 Å². The molecule has 0 amide bonds. The van der Waals surface area contributed by atoms with Gasteiger partial charge in [-0.3, -0.25) is 0 Å². The van der Waals surface area contributed by atoms with Crippen molar-refractivity contribution in [1.29, 1.82) is 0 Å². The second-order valence-corrected chi connectivity index (χ2v) is 6.91. The second-order valence-electron chi connectivity index (χ2n) is 6.91. The lowest BCUT2D eigenvalue weighted by Gasteiger charge is -2.20. The summed E-state index contributed by atoms with van der Waals surface area (Å²) in [5.74, 6) is 1.02. The molecule has 110 valence electrons. The van der Waals surface area contributed by atoms with E-state index in [9.17, 15) is 0 Å². The molecule has 0 bridgehead atoms. The first-order chi connectivity index (χ1) is 9.31. The fourth-order valence-corrected chi connectivity index (χ4v) is 2.42. The third-order valence-corrected chi connectivity index (χ3v) is 3.63. The van der Waals surface area contributed by atoms with E-state index in [0.29, 0.717) is 6.04 Å². The minimum atomic E-state index is 0.101. The lowest BCUT2D eigenvalue weighted by molar-refractivity contribution is 0.480. The van der Waals surface area contributed by atoms with Gasteiger partial charge in [-0.15, -0.1) is 0 Å². The molecule has 0 fully saturated rings. The fraction of sp³-hybridized carbons (Fsp3) is 0.556. The first-order valence-corrected chi connectivity index (χ1v) is 7.60. The first kappa shape index (κ1) is 15.1. The maximum absolute atomic E-state index is 6.11. The summed E-state index contributed by atoms with van der Waals surface area (Å²) in [4.78, 5) is 0. The predicted octanol–water partition coefficient (Wildman–Crippen LogP) is 4.79. The minimum absolute atomic E-state index is 0.101. The third-order valence-electron chi connectivity index (χ3n) is 3.63. The highest BCUT2D eigenvalue weighted by molar-refractivity contribution is 5.83. The summed E-state index contributed by atoms with van der Waals surface area (Å²) in [5.41, 5.74) is 3.84. The molecule has 1 aromatic heterocycles. The van der Waals surface area contributed by atoms with Gasteiger partial charge in [0.15, 0.2) is 0 Å². The Labute approximate surface area is 122 Å². The van der Waals surface area contributed by atoms with Crippen molar-refractivity contribution in [3.8, 4) is 0 Å². The maximum Gasteiger partial charge on any atom is 0.138 e. The van der Waals surface area contributed by atoms with Crippen LogP contribution in [0, 0.1) is 0 Å². The standard InChI is InChI=1S/C18H27NO/c1-7-13-8-14-10-15(11-19-12(2)3)20-17(14)16(9-13)18(4,5)6/h8-10,12,19H,7,11H2,1-6H3. The Morgan fingerprint density at radius 1 is 1.15 bits per heavy atom. The minimum Gasteiger partial charge on any atom is -0.459 e. The molecule has 1 aromatic carbocycles. The molecule has 1 N–H and O–H groups in total. The van der Waals surface area contributed by atoms with Gasteiger partial charge in [0, 0.05) is 17.0 Å². The van der Waals surface area contributed by atoms with Crippen molar-refractivity contribution in [1.82, 2.24) is 5.32 Å². The van der Waals surface area contributed by atoms with Crippen LogP contribution in [0.3, 0.4) is 0 Å². The van der Waals surface area contributed by atoms with E-state index >= 15 is 0 Å². The van der Waals surface area contributed by atoms with Gasteiger partial charge in [0.05, 0.1) is 6.54 Å². The number of furan rings is 1. The van der Waals surface area contributed by atoms with Crippen LogP contribution in [0.2, 0.25) is 0 Å². The van der Waals surface area contributed by atoms with Crippen molar-refractivity contribution in [2.45, 2.75) is 66.0 Å². The smallest absolute Gasteiger partial charge is 0.138 e. The highest BCUT2D eigenvalue weighted by Crippen LogP contribution is 2.33. The van der Waals surface area contributed by atoms with E-state index in [2.05, 4.69) is 65.1 Å². The Morgan fingerprint density at radius 2 is 1.85 bits per heavy atom. The van der Waals surface area contributed by atoms with E-state index in [1.54, 1.807) is 0 Å². The molecule has 2 heteroatoms. The molecule has 0 unspecified atom stereocenters. The van der Waals surface area contributed by atoms with Crippen LogP contribution >= 0.6 is 0 Å². The molecule has 0 atom stereocenters. The Morgan fingerprint density at radius 3 is 2.40 bits per heavy atom. The topological polar surface area (TPSA) is 25.2 Å². The number of fused-ring (bicyclic) bond motifs is 1. The van der Waals surface area contributed by atoms with Gasteiger partial charge in [-0.25, -0.2) is 0 Å². The Bertz CT molecular complexity index is 587. The van der Waals surface area contributed by atoms with E-state index < -0.39 is 0 Å². The number of hydrogen-bond donors (Lipinski definition) is 1. The number of aryl methyl sites for hydroxylation is 1. The third kappa shape index (κ3) is 3.24. The van der Waals surface area contributed by atoms with Crippen LogP contribution in [0.4, 0.5) is 0 Å². The van der Waals surface area contributed by atoms with E-state index in [-0.39, 0.29) is 5.41 Å². The van der Waals surface area contributed by atoms with Crippen molar-refractivity contribution >= 4 is 11.0 Å². The lowest BCUT2D eigenvalue weighted by atomic mass is 9.85. The van der Waals surface area contributed by atoms with Crippen molar-refractivity contribution in [2.75, 3.05) is 0 Å². The zero-order valence-corrected chi connectivity index (χ0v) is 13.6. The van der Waals surface area contributed by atoms with Gasteiger partial charge in [0.2, 0.25) is 0 Å². The molecule has 1 heterocycles. The highest BCUT2D eigenvalue weighted by atomic mass is 16.3. The molecule has 2 aromatic rings. The molecule has 0 saturated carbocycles. The molecule has 2 nitrogen and oxygen atoms in total. The zero-order valence-electron chi connectivity index (χ0n) is 13.6. The van der Waals surface area contributed by atoms with Gasteiger partial charge >= 0.3 is 0 Å². The van der Waals surface area contributed by atoms with E-state index in [1.165, 1.54) is 16.5 Å². The Balaban J connectivity index is 2.49. The summed E-state index contributed by atoms with van der Waals surface area (Å²) in [6.45, 7) is 14.0. The fourth-order valence-electron chi connectivity index (χ4n) is 2.42. The van der Waals surface area contributed by atoms with Gasteiger partial charge in [-0.05, 0) is 29.5 Å². The van der Waals surface area contributed by atoms with Crippen LogP contribution in [-0.2, 0) is 18.4 Å². The molecule has 0 saturated heterocycles. The van der Waals surface area contributed by atoms with Crippen LogP contribution in [0.25, 0.3) is 11.0 Å². The highest BCUT2D eigenvalue weighted by Gasteiger charge is 2.20. The molecule has 0 spiro atoms. The van der Waals surface area contributed by atoms with Crippen LogP contribution in [0.15, 0.2) is 22.6 Å². The monoisotopic (exact) mass is 273 g/mol. The number of hydrogen-bond acceptors (Lipinski definition) is 2. The predicted molar refractivity (Wildman–Crippen MR) is 86.3 cm³/mol. The van der Waals surface area contributed by atoms with Gasteiger partial charge in [0.25, 0.3) is 0 Å². The van der Waals surface area contributed by atoms with Gasteiger partial charge in [-0.1, -0.05) is 47.6 Å². The van der Waals surface area contributed by atoms with E-state index in [4.69, 9.17) is 4.42 Å². The summed E-state index contributed by atoms with van der Waals surface area (Å²) >= 11 is 0. The van der Waals surface area contributed by atoms with Crippen LogP contribution in [0.1, 0.15) is 58.4 Å². The number of rotatable bonds is 4. The van der Waals surface area contributed by atoms with Crippen molar-refractivity contribution < 1.29 is 4.42 Å². The molecular formula is C18H27NO. The molecule has 20 heavy (non-hydrogen) atoms. The Hall–Kier alpha value is -1.28. The molecular weight excluding hydrogens is 246 g/mol. The SMILES string of the molecule is CCc1cc(C(C)(C)C)c2oc(CNC(C)C)cc2c1. The number of benzene rings is 1. The van der Waals surface area contributed by atoms with E-state index in [1.807, 2.05) is 0 Å². The zero-order chi connectivity index (χ0) is 14.9. The van der Waals surface area contributed by atoms with Crippen LogP contribution < -0.4 is 5.32 Å². The summed E-state index contributed by atoms with van der Waals surface area (Å²) in [7, 11) is 0. The average molecular weight is 273 g/mol. The van der Waals surface area contributed by atoms with Gasteiger partial charge in [-0.2, -0.15) is 0 Å². The van der Waals surface area contributed by atoms with Crippen molar-refractivity contribution in [2.24, 2.45) is 0 Å². The molecule has 2 rings (SSSR count). The summed E-state index contributed by atoms with van der Waals surface area (Å²) in [6, 6.07) is 7.20. The molecule has 0 aliphatic rings. The largest absolute Gasteiger partial charge is 0.459 e. The van der Waals surface area contributed by atoms with Gasteiger partial charge in [0.1, 0.15) is 11.3 Å². The van der Waals surface area contributed by atoms with Crippen LogP contribution in [0.5, 0.6) is 0 Å². The quantitative estimate of drug-likeness (QED) is 0.866. The lowest BCUT2D eigenvalue weighted by Crippen LogP contribution is -2.21.